The van der Waals surface area contributed by atoms with Gasteiger partial charge in [0.05, 0.1) is 6.61 Å². The molecule has 0 amide bonds. The van der Waals surface area contributed by atoms with Crippen molar-refractivity contribution in [1.29, 1.82) is 0 Å². The second kappa shape index (κ2) is 6.71. The molecule has 2 rings (SSSR count). The summed E-state index contributed by atoms with van der Waals surface area (Å²) < 4.78 is 5.43. The molecule has 2 aromatic carbocycles. The van der Waals surface area contributed by atoms with Gasteiger partial charge in [0, 0.05) is 5.56 Å². The number of hydrogen-bond acceptors (Lipinski definition) is 2. The number of hydrogen-bond donors (Lipinski definition) is 0. The molecule has 0 aliphatic carbocycles. The Morgan fingerprint density at radius 2 is 1.95 bits per heavy atom. The second-order valence-corrected chi connectivity index (χ2v) is 4.57. The van der Waals surface area contributed by atoms with Gasteiger partial charge in [0.15, 0.2) is 5.78 Å². The minimum atomic E-state index is 0.00973. The van der Waals surface area contributed by atoms with Crippen LogP contribution in [0, 0.1) is 6.92 Å². The number of rotatable bonds is 5. The SMILES string of the molecule is CCOc1cccc(/C=C/C(=O)c2cccc(C)c2)c1. The molecule has 0 fully saturated rings. The molecule has 0 unspecified atom stereocenters. The van der Waals surface area contributed by atoms with Crippen molar-refractivity contribution in [2.75, 3.05) is 6.61 Å². The molecule has 0 saturated heterocycles. The molecule has 0 bridgehead atoms. The van der Waals surface area contributed by atoms with Crippen LogP contribution in [0.15, 0.2) is 54.6 Å². The molecule has 102 valence electrons. The summed E-state index contributed by atoms with van der Waals surface area (Å²) in [5.74, 6) is 0.827. The Morgan fingerprint density at radius 3 is 2.70 bits per heavy atom. The fraction of sp³-hybridized carbons (Fsp3) is 0.167. The zero-order valence-corrected chi connectivity index (χ0v) is 11.8. The van der Waals surface area contributed by atoms with Gasteiger partial charge in [0.25, 0.3) is 0 Å². The maximum Gasteiger partial charge on any atom is 0.185 e. The molecular formula is C18H18O2. The van der Waals surface area contributed by atoms with Crippen molar-refractivity contribution in [3.8, 4) is 5.75 Å². The summed E-state index contributed by atoms with van der Waals surface area (Å²) in [7, 11) is 0. The van der Waals surface area contributed by atoms with Crippen LogP contribution in [0.25, 0.3) is 6.08 Å². The van der Waals surface area contributed by atoms with Crippen LogP contribution < -0.4 is 4.74 Å². The predicted octanol–water partition coefficient (Wildman–Crippen LogP) is 4.29. The molecule has 0 aromatic heterocycles. The molecule has 20 heavy (non-hydrogen) atoms. The van der Waals surface area contributed by atoms with Crippen LogP contribution in [0.3, 0.4) is 0 Å². The number of ether oxygens (including phenoxy) is 1. The number of carbonyl (C=O) groups excluding carboxylic acids is 1. The predicted molar refractivity (Wildman–Crippen MR) is 82.2 cm³/mol. The van der Waals surface area contributed by atoms with Crippen LogP contribution in [0.1, 0.15) is 28.4 Å². The lowest BCUT2D eigenvalue weighted by Gasteiger charge is -2.03. The Balaban J connectivity index is 2.12. The van der Waals surface area contributed by atoms with Gasteiger partial charge in [0.1, 0.15) is 5.75 Å². The quantitative estimate of drug-likeness (QED) is 0.596. The van der Waals surface area contributed by atoms with Crippen LogP contribution in [-0.4, -0.2) is 12.4 Å². The van der Waals surface area contributed by atoms with Gasteiger partial charge in [0.2, 0.25) is 0 Å². The summed E-state index contributed by atoms with van der Waals surface area (Å²) >= 11 is 0. The molecule has 0 radical (unpaired) electrons. The monoisotopic (exact) mass is 266 g/mol. The lowest BCUT2D eigenvalue weighted by atomic mass is 10.1. The molecule has 0 atom stereocenters. The Kier molecular flexibility index (Phi) is 4.72. The van der Waals surface area contributed by atoms with Crippen molar-refractivity contribution in [3.63, 3.8) is 0 Å². The molecule has 0 aliphatic rings. The standard InChI is InChI=1S/C18H18O2/c1-3-20-17-9-5-7-15(13-17)10-11-18(19)16-8-4-6-14(2)12-16/h4-13H,3H2,1-2H3/b11-10+. The summed E-state index contributed by atoms with van der Waals surface area (Å²) in [5, 5.41) is 0. The van der Waals surface area contributed by atoms with E-state index in [9.17, 15) is 4.79 Å². The fourth-order valence-electron chi connectivity index (χ4n) is 1.94. The van der Waals surface area contributed by atoms with Crippen molar-refractivity contribution in [2.45, 2.75) is 13.8 Å². The Labute approximate surface area is 119 Å². The molecule has 2 heteroatoms. The topological polar surface area (TPSA) is 26.3 Å². The highest BCUT2D eigenvalue weighted by molar-refractivity contribution is 6.06. The summed E-state index contributed by atoms with van der Waals surface area (Å²) in [4.78, 5) is 12.1. The van der Waals surface area contributed by atoms with Gasteiger partial charge in [-0.15, -0.1) is 0 Å². The summed E-state index contributed by atoms with van der Waals surface area (Å²) in [6.07, 6.45) is 3.41. The van der Waals surface area contributed by atoms with E-state index in [1.807, 2.05) is 68.5 Å². The fourth-order valence-corrected chi connectivity index (χ4v) is 1.94. The van der Waals surface area contributed by atoms with Crippen molar-refractivity contribution >= 4 is 11.9 Å². The van der Waals surface area contributed by atoms with Gasteiger partial charge in [-0.3, -0.25) is 4.79 Å². The summed E-state index contributed by atoms with van der Waals surface area (Å²) in [6.45, 7) is 4.56. The van der Waals surface area contributed by atoms with E-state index >= 15 is 0 Å². The summed E-state index contributed by atoms with van der Waals surface area (Å²) in [5.41, 5.74) is 2.75. The van der Waals surface area contributed by atoms with E-state index in [2.05, 4.69) is 0 Å². The van der Waals surface area contributed by atoms with Crippen LogP contribution in [-0.2, 0) is 0 Å². The normalized spacial score (nSPS) is 10.7. The molecular weight excluding hydrogens is 248 g/mol. The molecule has 0 spiro atoms. The third-order valence-corrected chi connectivity index (χ3v) is 2.90. The van der Waals surface area contributed by atoms with E-state index in [4.69, 9.17) is 4.74 Å². The van der Waals surface area contributed by atoms with E-state index in [0.717, 1.165) is 16.9 Å². The third kappa shape index (κ3) is 3.82. The maximum absolute atomic E-state index is 12.1. The van der Waals surface area contributed by atoms with E-state index in [1.165, 1.54) is 0 Å². The van der Waals surface area contributed by atoms with E-state index in [-0.39, 0.29) is 5.78 Å². The van der Waals surface area contributed by atoms with Crippen LogP contribution in [0.2, 0.25) is 0 Å². The first-order chi connectivity index (χ1) is 9.69. The molecule has 0 N–H and O–H groups in total. The molecule has 0 aliphatic heterocycles. The van der Waals surface area contributed by atoms with E-state index in [0.29, 0.717) is 12.2 Å². The van der Waals surface area contributed by atoms with E-state index < -0.39 is 0 Å². The Morgan fingerprint density at radius 1 is 1.15 bits per heavy atom. The first-order valence-electron chi connectivity index (χ1n) is 6.71. The van der Waals surface area contributed by atoms with Crippen LogP contribution in [0.5, 0.6) is 5.75 Å². The first-order valence-corrected chi connectivity index (χ1v) is 6.71. The second-order valence-electron chi connectivity index (χ2n) is 4.57. The zero-order valence-electron chi connectivity index (χ0n) is 11.8. The Bertz CT molecular complexity index is 627. The van der Waals surface area contributed by atoms with Gasteiger partial charge in [-0.1, -0.05) is 42.0 Å². The molecule has 0 saturated carbocycles. The third-order valence-electron chi connectivity index (χ3n) is 2.90. The summed E-state index contributed by atoms with van der Waals surface area (Å²) in [6, 6.07) is 15.3. The molecule has 2 nitrogen and oxygen atoms in total. The average Bonchev–Trinajstić information content (AvgIpc) is 2.45. The highest BCUT2D eigenvalue weighted by Crippen LogP contribution is 2.15. The number of aryl methyl sites for hydroxylation is 1. The highest BCUT2D eigenvalue weighted by Gasteiger charge is 2.01. The maximum atomic E-state index is 12.1. The molecule has 2 aromatic rings. The molecule has 0 heterocycles. The van der Waals surface area contributed by atoms with Gasteiger partial charge in [-0.05, 0) is 43.7 Å². The Hall–Kier alpha value is -2.35. The van der Waals surface area contributed by atoms with Crippen LogP contribution in [0.4, 0.5) is 0 Å². The van der Waals surface area contributed by atoms with Gasteiger partial charge < -0.3 is 4.74 Å². The van der Waals surface area contributed by atoms with Gasteiger partial charge in [-0.25, -0.2) is 0 Å². The van der Waals surface area contributed by atoms with Gasteiger partial charge in [-0.2, -0.15) is 0 Å². The van der Waals surface area contributed by atoms with Crippen molar-refractivity contribution in [3.05, 3.63) is 71.3 Å². The average molecular weight is 266 g/mol. The van der Waals surface area contributed by atoms with Crippen molar-refractivity contribution in [1.82, 2.24) is 0 Å². The largest absolute Gasteiger partial charge is 0.494 e. The minimum absolute atomic E-state index is 0.00973. The van der Waals surface area contributed by atoms with Crippen LogP contribution >= 0.6 is 0 Å². The number of allylic oxidation sites excluding steroid dienone is 1. The van der Waals surface area contributed by atoms with Crippen molar-refractivity contribution < 1.29 is 9.53 Å². The van der Waals surface area contributed by atoms with Crippen molar-refractivity contribution in [2.24, 2.45) is 0 Å². The minimum Gasteiger partial charge on any atom is -0.494 e. The lowest BCUT2D eigenvalue weighted by Crippen LogP contribution is -1.94. The van der Waals surface area contributed by atoms with Gasteiger partial charge >= 0.3 is 0 Å². The smallest absolute Gasteiger partial charge is 0.185 e. The number of benzene rings is 2. The number of ketones is 1. The lowest BCUT2D eigenvalue weighted by molar-refractivity contribution is 0.104. The zero-order chi connectivity index (χ0) is 14.4. The first kappa shape index (κ1) is 14.1. The highest BCUT2D eigenvalue weighted by atomic mass is 16.5. The number of carbonyl (C=O) groups is 1. The van der Waals surface area contributed by atoms with E-state index in [1.54, 1.807) is 6.08 Å².